The molecule has 0 N–H and O–H groups in total. The van der Waals surface area contributed by atoms with Crippen LogP contribution in [0, 0.1) is 25.2 Å². The maximum absolute atomic E-state index is 12.2. The Morgan fingerprint density at radius 1 is 1.48 bits per heavy atom. The molecule has 31 heavy (non-hydrogen) atoms. The van der Waals surface area contributed by atoms with Crippen molar-refractivity contribution in [3.63, 3.8) is 0 Å². The Balaban J connectivity index is 1.63. The van der Waals surface area contributed by atoms with Crippen molar-refractivity contribution in [3.05, 3.63) is 38.6 Å². The van der Waals surface area contributed by atoms with E-state index in [2.05, 4.69) is 10.1 Å². The van der Waals surface area contributed by atoms with Gasteiger partial charge in [-0.05, 0) is 26.3 Å². The molecule has 3 rings (SSSR count). The number of rotatable bonds is 7. The number of hydrogen-bond acceptors (Lipinski definition) is 9. The van der Waals surface area contributed by atoms with Gasteiger partial charge in [0.15, 0.2) is 28.1 Å². The quantitative estimate of drug-likeness (QED) is 0.434. The van der Waals surface area contributed by atoms with Crippen LogP contribution >= 0.6 is 22.9 Å². The fourth-order valence-corrected chi connectivity index (χ4v) is 6.05. The first-order valence-corrected chi connectivity index (χ1v) is 12.3. The van der Waals surface area contributed by atoms with Crippen LogP contribution in [0.25, 0.3) is 6.08 Å². The third-order valence-corrected chi connectivity index (χ3v) is 7.86. The first kappa shape index (κ1) is 23.1. The molecular formula is C19H19ClN4O5S2. The van der Waals surface area contributed by atoms with Crippen LogP contribution < -0.4 is 0 Å². The lowest BCUT2D eigenvalue weighted by molar-refractivity contribution is -0.143. The van der Waals surface area contributed by atoms with E-state index in [4.69, 9.17) is 16.3 Å². The van der Waals surface area contributed by atoms with Gasteiger partial charge in [-0.1, -0.05) is 11.6 Å². The van der Waals surface area contributed by atoms with Crippen molar-refractivity contribution >= 4 is 50.6 Å². The van der Waals surface area contributed by atoms with Crippen LogP contribution in [-0.2, 0) is 24.2 Å². The molecule has 0 aliphatic carbocycles. The van der Waals surface area contributed by atoms with Crippen molar-refractivity contribution in [1.82, 2.24) is 14.8 Å². The second-order valence-electron chi connectivity index (χ2n) is 7.09. The van der Waals surface area contributed by atoms with E-state index in [1.807, 2.05) is 6.07 Å². The van der Waals surface area contributed by atoms with Gasteiger partial charge in [0.2, 0.25) is 0 Å². The van der Waals surface area contributed by atoms with Crippen molar-refractivity contribution in [2.24, 2.45) is 0 Å². The highest BCUT2D eigenvalue weighted by Gasteiger charge is 2.32. The summed E-state index contributed by atoms with van der Waals surface area (Å²) in [6.45, 7) is 2.88. The summed E-state index contributed by atoms with van der Waals surface area (Å²) in [5.41, 5.74) is 1.69. The molecular weight excluding hydrogens is 464 g/mol. The predicted molar refractivity (Wildman–Crippen MR) is 114 cm³/mol. The number of ketones is 1. The van der Waals surface area contributed by atoms with Crippen LogP contribution in [0.4, 0.5) is 0 Å². The molecule has 0 amide bonds. The van der Waals surface area contributed by atoms with Crippen LogP contribution in [0.2, 0.25) is 5.15 Å². The summed E-state index contributed by atoms with van der Waals surface area (Å²) in [6, 6.07) is 1.53. The molecule has 1 aliphatic rings. The zero-order valence-electron chi connectivity index (χ0n) is 16.7. The van der Waals surface area contributed by atoms with Crippen LogP contribution in [0.5, 0.6) is 0 Å². The van der Waals surface area contributed by atoms with E-state index in [-0.39, 0.29) is 22.7 Å². The molecule has 0 radical (unpaired) electrons. The highest BCUT2D eigenvalue weighted by atomic mass is 35.5. The molecule has 9 nitrogen and oxygen atoms in total. The number of nitrogens with zero attached hydrogens (tertiary/aromatic N) is 4. The molecule has 0 spiro atoms. The maximum atomic E-state index is 12.2. The second kappa shape index (κ2) is 9.30. The number of carbonyl (C=O) groups is 2. The van der Waals surface area contributed by atoms with Crippen LogP contribution in [0.1, 0.15) is 40.3 Å². The summed E-state index contributed by atoms with van der Waals surface area (Å²) in [4.78, 5) is 28.4. The van der Waals surface area contributed by atoms with Gasteiger partial charge in [0.1, 0.15) is 10.2 Å². The normalized spacial score (nSPS) is 18.7. The summed E-state index contributed by atoms with van der Waals surface area (Å²) >= 11 is 7.55. The van der Waals surface area contributed by atoms with E-state index >= 15 is 0 Å². The summed E-state index contributed by atoms with van der Waals surface area (Å²) < 4.78 is 29.8. The topological polar surface area (TPSA) is 132 Å². The molecule has 3 heterocycles. The second-order valence-corrected chi connectivity index (χ2v) is 10.6. The van der Waals surface area contributed by atoms with Gasteiger partial charge in [-0.25, -0.2) is 22.9 Å². The van der Waals surface area contributed by atoms with Gasteiger partial charge < -0.3 is 4.74 Å². The molecule has 2 aromatic rings. The lowest BCUT2D eigenvalue weighted by Gasteiger charge is -2.09. The van der Waals surface area contributed by atoms with E-state index in [1.54, 1.807) is 19.2 Å². The molecule has 0 unspecified atom stereocenters. The lowest BCUT2D eigenvalue weighted by atomic mass is 10.1. The number of nitriles is 1. The smallest absolute Gasteiger partial charge is 0.331 e. The Morgan fingerprint density at radius 2 is 2.23 bits per heavy atom. The minimum absolute atomic E-state index is 0.0279. The first-order chi connectivity index (χ1) is 14.6. The zero-order chi connectivity index (χ0) is 22.8. The average molecular weight is 483 g/mol. The fourth-order valence-electron chi connectivity index (χ4n) is 3.13. The number of aryl methyl sites for hydroxylation is 2. The summed E-state index contributed by atoms with van der Waals surface area (Å²) in [7, 11) is -3.10. The molecule has 1 saturated heterocycles. The van der Waals surface area contributed by atoms with E-state index in [0.29, 0.717) is 28.4 Å². The monoisotopic (exact) mass is 482 g/mol. The Bertz CT molecular complexity index is 1190. The number of halogens is 1. The fraction of sp³-hybridized carbons (Fsp3) is 0.421. The molecule has 1 aliphatic heterocycles. The van der Waals surface area contributed by atoms with Crippen molar-refractivity contribution in [2.75, 3.05) is 18.1 Å². The van der Waals surface area contributed by atoms with Crippen molar-refractivity contribution in [2.45, 2.75) is 32.2 Å². The SMILES string of the molecule is Cc1csc([C@H](C#N)C(=O)COC(=O)/C=C/c2c(C)nn([C@@H]3CCS(=O)(=O)C3)c2Cl)n1. The van der Waals surface area contributed by atoms with Crippen LogP contribution in [0.15, 0.2) is 11.5 Å². The van der Waals surface area contributed by atoms with Crippen LogP contribution in [-0.4, -0.2) is 53.0 Å². The summed E-state index contributed by atoms with van der Waals surface area (Å²) in [5, 5.41) is 15.9. The maximum Gasteiger partial charge on any atom is 0.331 e. The minimum atomic E-state index is -3.10. The molecule has 0 aromatic carbocycles. The Labute approximate surface area is 188 Å². The number of carbonyl (C=O) groups excluding carboxylic acids is 2. The van der Waals surface area contributed by atoms with Gasteiger partial charge in [0.25, 0.3) is 0 Å². The Hall–Kier alpha value is -2.55. The summed E-state index contributed by atoms with van der Waals surface area (Å²) in [6.07, 6.45) is 2.94. The number of hydrogen-bond donors (Lipinski definition) is 0. The molecule has 2 aromatic heterocycles. The molecule has 12 heteroatoms. The highest BCUT2D eigenvalue weighted by Crippen LogP contribution is 2.30. The van der Waals surface area contributed by atoms with Crippen LogP contribution in [0.3, 0.4) is 0 Å². The van der Waals surface area contributed by atoms with E-state index < -0.39 is 34.1 Å². The van der Waals surface area contributed by atoms with Gasteiger partial charge in [-0.2, -0.15) is 10.4 Å². The van der Waals surface area contributed by atoms with Gasteiger partial charge in [-0.15, -0.1) is 11.3 Å². The van der Waals surface area contributed by atoms with Gasteiger partial charge in [0.05, 0.1) is 29.3 Å². The number of Topliss-reactive ketones (excluding diaryl/α,β-unsaturated/α-hetero) is 1. The predicted octanol–water partition coefficient (Wildman–Crippen LogP) is 2.40. The molecule has 164 valence electrons. The Kier molecular flexibility index (Phi) is 6.93. The van der Waals surface area contributed by atoms with Gasteiger partial charge >= 0.3 is 5.97 Å². The third-order valence-electron chi connectivity index (χ3n) is 4.70. The standard InChI is InChI=1S/C19H19ClN4O5S2/c1-11-9-30-19(22-11)15(7-21)16(25)8-29-17(26)4-3-14-12(2)23-24(18(14)20)13-5-6-31(27,28)10-13/h3-4,9,13,15H,5-6,8,10H2,1-2H3/b4-3+/t13-,15-/m1/s1. The summed E-state index contributed by atoms with van der Waals surface area (Å²) in [5.74, 6) is -2.38. The largest absolute Gasteiger partial charge is 0.454 e. The lowest BCUT2D eigenvalue weighted by Crippen LogP contribution is -2.19. The first-order valence-electron chi connectivity index (χ1n) is 9.25. The number of sulfone groups is 1. The van der Waals surface area contributed by atoms with Gasteiger partial charge in [0, 0.05) is 22.7 Å². The number of aromatic nitrogens is 3. The molecule has 2 atom stereocenters. The number of ether oxygens (including phenoxy) is 1. The molecule has 0 bridgehead atoms. The zero-order valence-corrected chi connectivity index (χ0v) is 19.1. The van der Waals surface area contributed by atoms with E-state index in [9.17, 15) is 23.3 Å². The highest BCUT2D eigenvalue weighted by molar-refractivity contribution is 7.91. The number of esters is 1. The Morgan fingerprint density at radius 3 is 2.81 bits per heavy atom. The molecule has 1 fully saturated rings. The van der Waals surface area contributed by atoms with E-state index in [1.165, 1.54) is 22.1 Å². The van der Waals surface area contributed by atoms with Crippen molar-refractivity contribution < 1.29 is 22.7 Å². The van der Waals surface area contributed by atoms with E-state index in [0.717, 1.165) is 6.08 Å². The molecule has 0 saturated carbocycles. The third kappa shape index (κ3) is 5.39. The van der Waals surface area contributed by atoms with Crippen molar-refractivity contribution in [1.29, 1.82) is 5.26 Å². The average Bonchev–Trinajstić information content (AvgIpc) is 3.37. The minimum Gasteiger partial charge on any atom is -0.454 e. The number of thiazole rings is 1. The van der Waals surface area contributed by atoms with Gasteiger partial charge in [-0.3, -0.25) is 4.79 Å². The van der Waals surface area contributed by atoms with Crippen molar-refractivity contribution in [3.8, 4) is 6.07 Å².